The van der Waals surface area contributed by atoms with Crippen molar-refractivity contribution < 1.29 is 18.3 Å². The predicted molar refractivity (Wildman–Crippen MR) is 80.0 cm³/mol. The van der Waals surface area contributed by atoms with E-state index in [2.05, 4.69) is 25.7 Å². The molecule has 0 aliphatic carbocycles. The summed E-state index contributed by atoms with van der Waals surface area (Å²) in [6.45, 7) is -0.372. The summed E-state index contributed by atoms with van der Waals surface area (Å²) < 4.78 is 32.9. The van der Waals surface area contributed by atoms with Crippen molar-refractivity contribution in [2.45, 2.75) is 12.5 Å². The van der Waals surface area contributed by atoms with Crippen molar-refractivity contribution in [1.29, 1.82) is 0 Å². The van der Waals surface area contributed by atoms with E-state index in [0.29, 0.717) is 10.3 Å². The van der Waals surface area contributed by atoms with E-state index in [-0.39, 0.29) is 15.3 Å². The smallest absolute Gasteiger partial charge is 0.382 e. The van der Waals surface area contributed by atoms with Crippen LogP contribution in [0.15, 0.2) is 28.9 Å². The first-order valence-corrected chi connectivity index (χ1v) is 7.79. The lowest BCUT2D eigenvalue weighted by Gasteiger charge is -2.14. The molecule has 0 atom stereocenters. The summed E-state index contributed by atoms with van der Waals surface area (Å²) >= 11 is 15.1. The summed E-state index contributed by atoms with van der Waals surface area (Å²) in [7, 11) is 0. The van der Waals surface area contributed by atoms with Gasteiger partial charge in [-0.3, -0.25) is 0 Å². The molecule has 2 heterocycles. The third-order valence-corrected chi connectivity index (χ3v) is 4.30. The molecule has 2 rings (SSSR count). The highest BCUT2D eigenvalue weighted by Gasteiger charge is 2.45. The zero-order valence-corrected chi connectivity index (χ0v) is 14.0. The van der Waals surface area contributed by atoms with Gasteiger partial charge in [-0.1, -0.05) is 29.3 Å². The highest BCUT2D eigenvalue weighted by atomic mass is 79.9. The van der Waals surface area contributed by atoms with Crippen LogP contribution in [-0.2, 0) is 22.1 Å². The van der Waals surface area contributed by atoms with Gasteiger partial charge in [-0.2, -0.15) is 8.78 Å². The lowest BCUT2D eigenvalue weighted by Crippen LogP contribution is -2.28. The van der Waals surface area contributed by atoms with Crippen LogP contribution in [0, 0.1) is 0 Å². The van der Waals surface area contributed by atoms with Crippen LogP contribution >= 0.6 is 50.5 Å². The molecule has 9 heteroatoms. The van der Waals surface area contributed by atoms with Crippen LogP contribution in [0.4, 0.5) is 8.78 Å². The maximum atomic E-state index is 14.0. The Kier molecular flexibility index (Phi) is 5.19. The summed E-state index contributed by atoms with van der Waals surface area (Å²) in [6, 6.07) is 5.80. The number of esters is 1. The molecule has 0 aliphatic heterocycles. The third-order valence-electron chi connectivity index (χ3n) is 2.38. The van der Waals surface area contributed by atoms with Gasteiger partial charge >= 0.3 is 11.9 Å². The number of alkyl halides is 2. The Morgan fingerprint density at radius 2 is 2.14 bits per heavy atom. The number of ether oxygens (including phenoxy) is 1. The maximum Gasteiger partial charge on any atom is 0.382 e. The Bertz CT molecular complexity index is 681. The van der Waals surface area contributed by atoms with Gasteiger partial charge in [0, 0.05) is 0 Å². The van der Waals surface area contributed by atoms with E-state index in [1.165, 1.54) is 0 Å². The molecule has 0 saturated heterocycles. The van der Waals surface area contributed by atoms with Gasteiger partial charge in [-0.15, -0.1) is 11.3 Å². The molecule has 2 aromatic rings. The molecular weight excluding hydrogens is 411 g/mol. The van der Waals surface area contributed by atoms with Crippen LogP contribution in [0.25, 0.3) is 0 Å². The number of hydrogen-bond donors (Lipinski definition) is 0. The van der Waals surface area contributed by atoms with Gasteiger partial charge in [0.05, 0.1) is 15.6 Å². The van der Waals surface area contributed by atoms with Crippen LogP contribution < -0.4 is 0 Å². The number of halogens is 5. The highest BCUT2D eigenvalue weighted by Crippen LogP contribution is 2.41. The Balaban J connectivity index is 2.10. The number of nitrogens with zero attached hydrogens (tertiary/aromatic N) is 1. The molecule has 0 N–H and O–H groups in total. The largest absolute Gasteiger partial charge is 0.454 e. The molecule has 0 bridgehead atoms. The van der Waals surface area contributed by atoms with E-state index >= 15 is 0 Å². The number of rotatable bonds is 4. The quantitative estimate of drug-likeness (QED) is 0.517. The number of thiophene rings is 1. The van der Waals surface area contributed by atoms with Crippen LogP contribution in [-0.4, -0.2) is 11.0 Å². The number of pyridine rings is 1. The molecule has 2 aromatic heterocycles. The van der Waals surface area contributed by atoms with Crippen LogP contribution in [0.5, 0.6) is 0 Å². The highest BCUT2D eigenvalue weighted by molar-refractivity contribution is 9.10. The normalized spacial score (nSPS) is 11.5. The topological polar surface area (TPSA) is 39.2 Å². The van der Waals surface area contributed by atoms with Crippen molar-refractivity contribution >= 4 is 56.4 Å². The third kappa shape index (κ3) is 3.91. The monoisotopic (exact) mass is 415 g/mol. The molecule has 21 heavy (non-hydrogen) atoms. The summed E-state index contributed by atoms with van der Waals surface area (Å²) in [5, 5.41) is 0. The number of carbonyl (C=O) groups is 1. The fourth-order valence-corrected chi connectivity index (χ4v) is 3.33. The van der Waals surface area contributed by atoms with Gasteiger partial charge in [0.15, 0.2) is 0 Å². The second-order valence-corrected chi connectivity index (χ2v) is 6.94. The first-order valence-electron chi connectivity index (χ1n) is 5.42. The van der Waals surface area contributed by atoms with E-state index in [0.717, 1.165) is 17.4 Å². The standard InChI is InChI=1S/C12H6BrCl2F2NO2S/c13-8-3-1-2-6(18-8)5-20-11(19)12(16,17)7-4-9(14)21-10(7)15/h1-4H,5H2. The summed E-state index contributed by atoms with van der Waals surface area (Å²) in [5.41, 5.74) is -0.325. The van der Waals surface area contributed by atoms with Crippen LogP contribution in [0.1, 0.15) is 11.3 Å². The maximum absolute atomic E-state index is 14.0. The molecule has 0 amide bonds. The minimum absolute atomic E-state index is 0.0659. The van der Waals surface area contributed by atoms with Crippen molar-refractivity contribution in [3.8, 4) is 0 Å². The van der Waals surface area contributed by atoms with E-state index in [9.17, 15) is 13.6 Å². The number of hydrogen-bond acceptors (Lipinski definition) is 4. The average Bonchev–Trinajstić information content (AvgIpc) is 2.75. The lowest BCUT2D eigenvalue weighted by atomic mass is 10.2. The van der Waals surface area contributed by atoms with Gasteiger partial charge in [0.1, 0.15) is 15.5 Å². The number of aromatic nitrogens is 1. The summed E-state index contributed by atoms with van der Waals surface area (Å²) in [6.07, 6.45) is 0. The molecular formula is C12H6BrCl2F2NO2S. The Morgan fingerprint density at radius 1 is 1.43 bits per heavy atom. The average molecular weight is 417 g/mol. The fraction of sp³-hybridized carbons (Fsp3) is 0.167. The summed E-state index contributed by atoms with van der Waals surface area (Å²) in [4.78, 5) is 15.5. The SMILES string of the molecule is O=C(OCc1cccc(Br)n1)C(F)(F)c1cc(Cl)sc1Cl. The Hall–Kier alpha value is -0.760. The van der Waals surface area contributed by atoms with Gasteiger partial charge in [0.25, 0.3) is 0 Å². The Labute approximate surface area is 141 Å². The Morgan fingerprint density at radius 3 is 2.71 bits per heavy atom. The van der Waals surface area contributed by atoms with Gasteiger partial charge in [0.2, 0.25) is 0 Å². The molecule has 0 unspecified atom stereocenters. The molecule has 0 spiro atoms. The van der Waals surface area contributed by atoms with Gasteiger partial charge in [-0.05, 0) is 34.1 Å². The van der Waals surface area contributed by atoms with Crippen molar-refractivity contribution in [2.24, 2.45) is 0 Å². The van der Waals surface area contributed by atoms with Crippen LogP contribution in [0.2, 0.25) is 8.67 Å². The molecule has 0 radical (unpaired) electrons. The minimum Gasteiger partial charge on any atom is -0.454 e. The second kappa shape index (κ2) is 6.56. The first kappa shape index (κ1) is 16.6. The second-order valence-electron chi connectivity index (χ2n) is 3.84. The molecule has 0 aromatic carbocycles. The zero-order chi connectivity index (χ0) is 15.6. The van der Waals surface area contributed by atoms with E-state index in [4.69, 9.17) is 23.2 Å². The van der Waals surface area contributed by atoms with Crippen LogP contribution in [0.3, 0.4) is 0 Å². The first-order chi connectivity index (χ1) is 9.80. The van der Waals surface area contributed by atoms with E-state index in [1.807, 2.05) is 0 Å². The fourth-order valence-electron chi connectivity index (χ4n) is 1.43. The molecule has 3 nitrogen and oxygen atoms in total. The van der Waals surface area contributed by atoms with E-state index < -0.39 is 17.5 Å². The molecule has 112 valence electrons. The van der Waals surface area contributed by atoms with Gasteiger partial charge < -0.3 is 4.74 Å². The molecule has 0 fully saturated rings. The van der Waals surface area contributed by atoms with E-state index in [1.54, 1.807) is 18.2 Å². The number of carbonyl (C=O) groups excluding carboxylic acids is 1. The zero-order valence-electron chi connectivity index (χ0n) is 10.1. The van der Waals surface area contributed by atoms with Crippen molar-refractivity contribution in [1.82, 2.24) is 4.98 Å². The molecule has 0 aliphatic rings. The summed E-state index contributed by atoms with van der Waals surface area (Å²) in [5.74, 6) is -5.58. The predicted octanol–water partition coefficient (Wildman–Crippen LogP) is 5.05. The minimum atomic E-state index is -3.87. The molecule has 0 saturated carbocycles. The van der Waals surface area contributed by atoms with Crippen molar-refractivity contribution in [3.05, 3.63) is 48.8 Å². The van der Waals surface area contributed by atoms with Gasteiger partial charge in [-0.25, -0.2) is 9.78 Å². The van der Waals surface area contributed by atoms with Crippen molar-refractivity contribution in [2.75, 3.05) is 0 Å². The lowest BCUT2D eigenvalue weighted by molar-refractivity contribution is -0.175. The van der Waals surface area contributed by atoms with Crippen molar-refractivity contribution in [3.63, 3.8) is 0 Å².